The second-order valence-corrected chi connectivity index (χ2v) is 8.59. The molecule has 0 spiro atoms. The molecule has 12 heteroatoms. The summed E-state index contributed by atoms with van der Waals surface area (Å²) in [4.78, 5) is 16.1. The first-order valence-corrected chi connectivity index (χ1v) is 10.3. The van der Waals surface area contributed by atoms with Crippen molar-refractivity contribution in [2.75, 3.05) is 6.61 Å². The first-order valence-electron chi connectivity index (χ1n) is 7.20. The Morgan fingerprint density at radius 3 is 2.59 bits per heavy atom. The molecule has 0 saturated carbocycles. The number of carbonyl (C=O) groups is 1. The van der Waals surface area contributed by atoms with Crippen molar-refractivity contribution in [3.05, 3.63) is 33.9 Å². The fourth-order valence-corrected chi connectivity index (χ4v) is 4.38. The molecule has 0 unspecified atom stereocenters. The Bertz CT molecular complexity index is 1030. The number of nitriles is 1. The average molecular weight is 467 g/mol. The topological polar surface area (TPSA) is 106 Å². The second kappa shape index (κ2) is 7.72. The molecule has 1 aromatic heterocycles. The third kappa shape index (κ3) is 4.50. The van der Waals surface area contributed by atoms with E-state index < -0.39 is 47.4 Å². The summed E-state index contributed by atoms with van der Waals surface area (Å²) in [6.45, 7) is 3.46. The van der Waals surface area contributed by atoms with Gasteiger partial charge in [-0.25, -0.2) is 0 Å². The quantitative estimate of drug-likeness (QED) is 0.288. The van der Waals surface area contributed by atoms with E-state index in [1.165, 1.54) is 6.07 Å². The zero-order valence-electron chi connectivity index (χ0n) is 13.8. The Labute approximate surface area is 158 Å². The zero-order chi connectivity index (χ0) is 20.4. The Morgan fingerprint density at radius 2 is 2.04 bits per heavy atom. The summed E-state index contributed by atoms with van der Waals surface area (Å²) in [5, 5.41) is 9.12. The predicted octanol–water partition coefficient (Wildman–Crippen LogP) is 2.39. The van der Waals surface area contributed by atoms with E-state index in [1.807, 2.05) is 0 Å². The molecule has 0 aliphatic heterocycles. The van der Waals surface area contributed by atoms with Gasteiger partial charge in [0.25, 0.3) is 0 Å². The van der Waals surface area contributed by atoms with E-state index in [9.17, 15) is 26.4 Å². The zero-order valence-corrected chi connectivity index (χ0v) is 16.4. The summed E-state index contributed by atoms with van der Waals surface area (Å²) < 4.78 is 69.4. The number of hydrogen-bond acceptors (Lipinski definition) is 7. The summed E-state index contributed by atoms with van der Waals surface area (Å²) in [5.74, 6) is -1.26. The van der Waals surface area contributed by atoms with Crippen molar-refractivity contribution in [3.63, 3.8) is 0 Å². The standard InChI is InChI=1S/C15H11F3N2O5SSe/c1-3-24-14(21)12-8(2)20-13(27-12)9-4-5-11(10(6-9)7-19)25-26(22,23)15(16,17)18/h4-6H,3H2,1-2H3. The molecule has 0 fully saturated rings. The molecule has 1 aromatic carbocycles. The molecule has 144 valence electrons. The van der Waals surface area contributed by atoms with Crippen LogP contribution < -0.4 is 4.18 Å². The van der Waals surface area contributed by atoms with Crippen LogP contribution in [0, 0.1) is 18.3 Å². The monoisotopic (exact) mass is 468 g/mol. The van der Waals surface area contributed by atoms with Crippen molar-refractivity contribution in [2.45, 2.75) is 19.4 Å². The van der Waals surface area contributed by atoms with Gasteiger partial charge in [-0.05, 0) is 0 Å². The fourth-order valence-electron chi connectivity index (χ4n) is 1.89. The van der Waals surface area contributed by atoms with Gasteiger partial charge in [-0.1, -0.05) is 0 Å². The SMILES string of the molecule is CCOC(=O)c1[se]c(-c2ccc(OS(=O)(=O)C(F)(F)F)c(C#N)c2)nc1C. The van der Waals surface area contributed by atoms with Crippen LogP contribution in [0.4, 0.5) is 13.2 Å². The number of carbonyl (C=O) groups excluding carboxylic acids is 1. The summed E-state index contributed by atoms with van der Waals surface area (Å²) in [6.07, 6.45) is 0. The van der Waals surface area contributed by atoms with Crippen molar-refractivity contribution < 1.29 is 35.3 Å². The van der Waals surface area contributed by atoms with Crippen LogP contribution in [-0.4, -0.2) is 46.0 Å². The number of aryl methyl sites for hydroxylation is 1. The van der Waals surface area contributed by atoms with Crippen LogP contribution in [0.1, 0.15) is 27.4 Å². The third-order valence-corrected chi connectivity index (χ3v) is 6.54. The Hall–Kier alpha value is -2.35. The Kier molecular flexibility index (Phi) is 5.99. The van der Waals surface area contributed by atoms with E-state index in [1.54, 1.807) is 19.9 Å². The van der Waals surface area contributed by atoms with Crippen molar-refractivity contribution in [2.24, 2.45) is 0 Å². The van der Waals surface area contributed by atoms with E-state index >= 15 is 0 Å². The van der Waals surface area contributed by atoms with Gasteiger partial charge in [-0.3, -0.25) is 0 Å². The van der Waals surface area contributed by atoms with Crippen molar-refractivity contribution in [1.29, 1.82) is 5.26 Å². The van der Waals surface area contributed by atoms with Crippen LogP contribution in [0.25, 0.3) is 10.1 Å². The molecular formula is C15H11F3N2O5SSe. The van der Waals surface area contributed by atoms with Crippen LogP contribution >= 0.6 is 0 Å². The van der Waals surface area contributed by atoms with Gasteiger partial charge in [-0.15, -0.1) is 0 Å². The molecule has 0 atom stereocenters. The number of halogens is 3. The second-order valence-electron chi connectivity index (χ2n) is 4.96. The van der Waals surface area contributed by atoms with Crippen molar-refractivity contribution >= 4 is 30.6 Å². The number of esters is 1. The number of nitrogens with zero attached hydrogens (tertiary/aromatic N) is 2. The average Bonchev–Trinajstić information content (AvgIpc) is 2.96. The first-order chi connectivity index (χ1) is 12.5. The molecule has 0 amide bonds. The molecule has 0 aliphatic carbocycles. The molecule has 1 heterocycles. The van der Waals surface area contributed by atoms with Gasteiger partial charge in [0.2, 0.25) is 0 Å². The molecule has 0 radical (unpaired) electrons. The normalized spacial score (nSPS) is 11.7. The van der Waals surface area contributed by atoms with E-state index in [2.05, 4.69) is 9.17 Å². The minimum absolute atomic E-state index is 0.194. The molecule has 7 nitrogen and oxygen atoms in total. The molecule has 27 heavy (non-hydrogen) atoms. The van der Waals surface area contributed by atoms with E-state index in [4.69, 9.17) is 10.00 Å². The van der Waals surface area contributed by atoms with Crippen LogP contribution in [0.3, 0.4) is 0 Å². The Morgan fingerprint density at radius 1 is 1.37 bits per heavy atom. The van der Waals surface area contributed by atoms with Crippen LogP contribution in [0.15, 0.2) is 18.2 Å². The van der Waals surface area contributed by atoms with Gasteiger partial charge < -0.3 is 0 Å². The molecule has 2 rings (SSSR count). The van der Waals surface area contributed by atoms with Gasteiger partial charge >= 0.3 is 158 Å². The predicted molar refractivity (Wildman–Crippen MR) is 87.6 cm³/mol. The van der Waals surface area contributed by atoms with E-state index in [-0.39, 0.29) is 6.61 Å². The fraction of sp³-hybridized carbons (Fsp3) is 0.267. The number of rotatable bonds is 5. The van der Waals surface area contributed by atoms with E-state index in [0.717, 1.165) is 12.1 Å². The summed E-state index contributed by atoms with van der Waals surface area (Å²) in [7, 11) is -5.90. The number of benzene rings is 1. The van der Waals surface area contributed by atoms with Crippen molar-refractivity contribution in [3.8, 4) is 22.0 Å². The number of hydrogen-bond donors (Lipinski definition) is 0. The van der Waals surface area contributed by atoms with Gasteiger partial charge in [0.15, 0.2) is 0 Å². The number of alkyl halides is 3. The molecule has 0 saturated heterocycles. The summed E-state index contributed by atoms with van der Waals surface area (Å²) in [5.41, 5.74) is -5.22. The van der Waals surface area contributed by atoms with Crippen LogP contribution in [0.5, 0.6) is 5.75 Å². The molecule has 0 aliphatic rings. The van der Waals surface area contributed by atoms with Gasteiger partial charge in [0, 0.05) is 0 Å². The van der Waals surface area contributed by atoms with Gasteiger partial charge in [-0.2, -0.15) is 0 Å². The molecule has 2 aromatic rings. The van der Waals surface area contributed by atoms with Crippen LogP contribution in [-0.2, 0) is 14.9 Å². The number of aromatic nitrogens is 1. The van der Waals surface area contributed by atoms with Gasteiger partial charge in [0.05, 0.1) is 0 Å². The van der Waals surface area contributed by atoms with Crippen molar-refractivity contribution in [1.82, 2.24) is 4.98 Å². The van der Waals surface area contributed by atoms with Gasteiger partial charge in [0.1, 0.15) is 0 Å². The summed E-state index contributed by atoms with van der Waals surface area (Å²) in [6, 6.07) is 4.95. The third-order valence-electron chi connectivity index (χ3n) is 3.09. The first kappa shape index (κ1) is 21.0. The Balaban J connectivity index is 2.42. The van der Waals surface area contributed by atoms with E-state index in [0.29, 0.717) is 20.3 Å². The molecule has 0 N–H and O–H groups in total. The maximum atomic E-state index is 12.4. The summed E-state index contributed by atoms with van der Waals surface area (Å²) >= 11 is -0.538. The number of ether oxygens (including phenoxy) is 1. The minimum atomic E-state index is -5.90. The maximum absolute atomic E-state index is 12.4. The molecular weight excluding hydrogens is 456 g/mol. The van der Waals surface area contributed by atoms with Crippen LogP contribution in [0.2, 0.25) is 0 Å². The molecule has 0 bridgehead atoms.